The number of nitrogens with one attached hydrogen (secondary N) is 1. The first-order valence-corrected chi connectivity index (χ1v) is 8.60. The van der Waals surface area contributed by atoms with Gasteiger partial charge in [0.25, 0.3) is 0 Å². The Morgan fingerprint density at radius 1 is 1.52 bits per heavy atom. The van der Waals surface area contributed by atoms with Crippen LogP contribution >= 0.6 is 11.8 Å². The van der Waals surface area contributed by atoms with Gasteiger partial charge in [0.15, 0.2) is 0 Å². The van der Waals surface area contributed by atoms with Crippen LogP contribution in [0, 0.1) is 5.92 Å². The molecule has 0 amide bonds. The SMILES string of the molecule is CCOC(=O)C1(NC)CCCC1CCSc1ccncc1. The summed E-state index contributed by atoms with van der Waals surface area (Å²) in [5, 5.41) is 3.27. The third-order valence-corrected chi connectivity index (χ3v) is 5.34. The topological polar surface area (TPSA) is 51.2 Å². The summed E-state index contributed by atoms with van der Waals surface area (Å²) in [4.78, 5) is 17.6. The van der Waals surface area contributed by atoms with Crippen molar-refractivity contribution in [2.75, 3.05) is 19.4 Å². The number of nitrogens with zero attached hydrogens (tertiary/aromatic N) is 1. The van der Waals surface area contributed by atoms with Crippen molar-refractivity contribution in [3.8, 4) is 0 Å². The monoisotopic (exact) mass is 308 g/mol. The number of carbonyl (C=O) groups is 1. The summed E-state index contributed by atoms with van der Waals surface area (Å²) in [6.07, 6.45) is 7.71. The van der Waals surface area contributed by atoms with Crippen molar-refractivity contribution in [2.24, 2.45) is 5.92 Å². The quantitative estimate of drug-likeness (QED) is 0.620. The van der Waals surface area contributed by atoms with Crippen molar-refractivity contribution >= 4 is 17.7 Å². The highest BCUT2D eigenvalue weighted by Gasteiger charge is 2.48. The summed E-state index contributed by atoms with van der Waals surface area (Å²) >= 11 is 1.82. The molecule has 0 aromatic carbocycles. The van der Waals surface area contributed by atoms with Gasteiger partial charge in [-0.3, -0.25) is 9.78 Å². The van der Waals surface area contributed by atoms with Crippen molar-refractivity contribution < 1.29 is 9.53 Å². The maximum absolute atomic E-state index is 12.3. The number of pyridine rings is 1. The third-order valence-electron chi connectivity index (χ3n) is 4.29. The Morgan fingerprint density at radius 2 is 2.29 bits per heavy atom. The smallest absolute Gasteiger partial charge is 0.326 e. The average molecular weight is 308 g/mol. The molecule has 1 heterocycles. The molecule has 5 heteroatoms. The Hall–Kier alpha value is -1.07. The molecule has 0 radical (unpaired) electrons. The fourth-order valence-electron chi connectivity index (χ4n) is 3.18. The van der Waals surface area contributed by atoms with Crippen LogP contribution in [0.2, 0.25) is 0 Å². The van der Waals surface area contributed by atoms with Gasteiger partial charge in [-0.15, -0.1) is 11.8 Å². The molecule has 2 rings (SSSR count). The molecular weight excluding hydrogens is 284 g/mol. The molecule has 0 aliphatic heterocycles. The van der Waals surface area contributed by atoms with Crippen molar-refractivity contribution in [2.45, 2.75) is 43.0 Å². The molecule has 0 spiro atoms. The number of hydrogen-bond donors (Lipinski definition) is 1. The number of hydrogen-bond acceptors (Lipinski definition) is 5. The zero-order valence-corrected chi connectivity index (χ0v) is 13.6. The van der Waals surface area contributed by atoms with E-state index in [4.69, 9.17) is 4.74 Å². The Balaban J connectivity index is 1.93. The second-order valence-electron chi connectivity index (χ2n) is 5.35. The van der Waals surface area contributed by atoms with E-state index in [1.807, 2.05) is 50.3 Å². The molecule has 0 saturated heterocycles. The van der Waals surface area contributed by atoms with Crippen LogP contribution in [0.5, 0.6) is 0 Å². The largest absolute Gasteiger partial charge is 0.465 e. The number of likely N-dealkylation sites (N-methyl/N-ethyl adjacent to an activating group) is 1. The Kier molecular flexibility index (Phi) is 6.06. The Labute approximate surface area is 131 Å². The standard InChI is InChI=1S/C16H24N2O2S/c1-3-20-15(19)16(17-2)9-4-5-13(16)8-12-21-14-6-10-18-11-7-14/h6-7,10-11,13,17H,3-5,8-9,12H2,1-2H3. The second kappa shape index (κ2) is 7.80. The average Bonchev–Trinajstić information content (AvgIpc) is 2.93. The van der Waals surface area contributed by atoms with E-state index in [1.54, 1.807) is 0 Å². The van der Waals surface area contributed by atoms with Crippen LogP contribution < -0.4 is 5.32 Å². The zero-order valence-electron chi connectivity index (χ0n) is 12.8. The van der Waals surface area contributed by atoms with Gasteiger partial charge in [-0.05, 0) is 57.0 Å². The predicted octanol–water partition coefficient (Wildman–Crippen LogP) is 2.89. The van der Waals surface area contributed by atoms with Crippen molar-refractivity contribution in [1.29, 1.82) is 0 Å². The molecule has 1 aromatic heterocycles. The molecule has 2 unspecified atom stereocenters. The normalized spacial score (nSPS) is 25.0. The van der Waals surface area contributed by atoms with E-state index in [-0.39, 0.29) is 5.97 Å². The molecule has 0 bridgehead atoms. The predicted molar refractivity (Wildman–Crippen MR) is 85.3 cm³/mol. The van der Waals surface area contributed by atoms with Crippen LogP contribution in [0.1, 0.15) is 32.6 Å². The summed E-state index contributed by atoms with van der Waals surface area (Å²) in [6.45, 7) is 2.31. The number of thioether (sulfide) groups is 1. The van der Waals surface area contributed by atoms with Gasteiger partial charge in [-0.1, -0.05) is 6.42 Å². The number of rotatable bonds is 7. The van der Waals surface area contributed by atoms with E-state index >= 15 is 0 Å². The highest BCUT2D eigenvalue weighted by atomic mass is 32.2. The summed E-state index contributed by atoms with van der Waals surface area (Å²) in [5.41, 5.74) is -0.477. The van der Waals surface area contributed by atoms with E-state index in [1.165, 1.54) is 4.90 Å². The Bertz CT molecular complexity index is 455. The van der Waals surface area contributed by atoms with Gasteiger partial charge in [0.05, 0.1) is 6.61 Å². The highest BCUT2D eigenvalue weighted by Crippen LogP contribution is 2.39. The molecule has 2 atom stereocenters. The van der Waals surface area contributed by atoms with Crippen LogP contribution in [-0.4, -0.2) is 35.9 Å². The van der Waals surface area contributed by atoms with E-state index in [0.717, 1.165) is 31.4 Å². The molecule has 1 fully saturated rings. The molecule has 1 saturated carbocycles. The van der Waals surface area contributed by atoms with Gasteiger partial charge < -0.3 is 10.1 Å². The minimum atomic E-state index is -0.477. The second-order valence-corrected chi connectivity index (χ2v) is 6.52. The summed E-state index contributed by atoms with van der Waals surface area (Å²) in [5.74, 6) is 1.29. The fourth-order valence-corrected chi connectivity index (χ4v) is 4.13. The fraction of sp³-hybridized carbons (Fsp3) is 0.625. The summed E-state index contributed by atoms with van der Waals surface area (Å²) < 4.78 is 5.30. The minimum absolute atomic E-state index is 0.0797. The van der Waals surface area contributed by atoms with Gasteiger partial charge in [0.1, 0.15) is 5.54 Å². The van der Waals surface area contributed by atoms with Gasteiger partial charge in [-0.25, -0.2) is 0 Å². The number of aromatic nitrogens is 1. The van der Waals surface area contributed by atoms with Crippen molar-refractivity contribution in [1.82, 2.24) is 10.3 Å². The van der Waals surface area contributed by atoms with Crippen molar-refractivity contribution in [3.05, 3.63) is 24.5 Å². The van der Waals surface area contributed by atoms with E-state index in [2.05, 4.69) is 10.3 Å². The summed E-state index contributed by atoms with van der Waals surface area (Å²) in [6, 6.07) is 4.05. The van der Waals surface area contributed by atoms with E-state index in [0.29, 0.717) is 12.5 Å². The third kappa shape index (κ3) is 3.77. The lowest BCUT2D eigenvalue weighted by atomic mass is 9.85. The van der Waals surface area contributed by atoms with Gasteiger partial charge >= 0.3 is 5.97 Å². The molecule has 116 valence electrons. The van der Waals surface area contributed by atoms with Gasteiger partial charge in [-0.2, -0.15) is 0 Å². The van der Waals surface area contributed by atoms with E-state index < -0.39 is 5.54 Å². The Morgan fingerprint density at radius 3 is 2.95 bits per heavy atom. The maximum atomic E-state index is 12.3. The number of esters is 1. The van der Waals surface area contributed by atoms with E-state index in [9.17, 15) is 4.79 Å². The molecular formula is C16H24N2O2S. The van der Waals surface area contributed by atoms with Gasteiger partial charge in [0, 0.05) is 17.3 Å². The minimum Gasteiger partial charge on any atom is -0.465 e. The molecule has 1 aliphatic rings. The molecule has 4 nitrogen and oxygen atoms in total. The number of ether oxygens (including phenoxy) is 1. The number of carbonyl (C=O) groups excluding carboxylic acids is 1. The molecule has 1 aromatic rings. The zero-order chi connectivity index (χ0) is 15.1. The lowest BCUT2D eigenvalue weighted by molar-refractivity contribution is -0.152. The first kappa shape index (κ1) is 16.3. The van der Waals surface area contributed by atoms with Crippen LogP contribution in [0.25, 0.3) is 0 Å². The first-order chi connectivity index (χ1) is 10.2. The van der Waals surface area contributed by atoms with Crippen LogP contribution in [0.3, 0.4) is 0 Å². The van der Waals surface area contributed by atoms with Crippen LogP contribution in [0.4, 0.5) is 0 Å². The lowest BCUT2D eigenvalue weighted by Gasteiger charge is -2.32. The van der Waals surface area contributed by atoms with Crippen molar-refractivity contribution in [3.63, 3.8) is 0 Å². The maximum Gasteiger partial charge on any atom is 0.326 e. The molecule has 21 heavy (non-hydrogen) atoms. The van der Waals surface area contributed by atoms with Crippen LogP contribution in [0.15, 0.2) is 29.4 Å². The lowest BCUT2D eigenvalue weighted by Crippen LogP contribution is -2.54. The summed E-state index contributed by atoms with van der Waals surface area (Å²) in [7, 11) is 1.88. The molecule has 1 aliphatic carbocycles. The first-order valence-electron chi connectivity index (χ1n) is 7.62. The molecule has 1 N–H and O–H groups in total. The highest BCUT2D eigenvalue weighted by molar-refractivity contribution is 7.99. The van der Waals surface area contributed by atoms with Crippen LogP contribution in [-0.2, 0) is 9.53 Å². The van der Waals surface area contributed by atoms with Gasteiger partial charge in [0.2, 0.25) is 0 Å².